The number of aromatic nitrogens is 1. The molecule has 0 unspecified atom stereocenters. The molecular weight excluding hydrogens is 382 g/mol. The molecule has 1 aromatic heterocycles. The number of aryl methyl sites for hydroxylation is 2. The van der Waals surface area contributed by atoms with E-state index in [0.717, 1.165) is 33.2 Å². The first kappa shape index (κ1) is 19.2. The Kier molecular flexibility index (Phi) is 5.08. The Morgan fingerprint density at radius 2 is 1.69 bits per heavy atom. The van der Waals surface area contributed by atoms with Gasteiger partial charge in [0.05, 0.1) is 16.8 Å². The minimum absolute atomic E-state index is 0.396. The molecule has 0 bridgehead atoms. The fourth-order valence-corrected chi connectivity index (χ4v) is 3.39. The lowest BCUT2D eigenvalue weighted by Gasteiger charge is -2.12. The second-order valence-electron chi connectivity index (χ2n) is 7.17. The second kappa shape index (κ2) is 7.69. The van der Waals surface area contributed by atoms with Gasteiger partial charge in [0, 0.05) is 16.0 Å². The van der Waals surface area contributed by atoms with Crippen LogP contribution >= 0.6 is 11.6 Å². The van der Waals surface area contributed by atoms with Crippen molar-refractivity contribution in [2.75, 3.05) is 0 Å². The first-order valence-corrected chi connectivity index (χ1v) is 9.76. The molecule has 1 heterocycles. The number of esters is 1. The molecule has 4 aromatic rings. The van der Waals surface area contributed by atoms with E-state index in [-0.39, 0.29) is 0 Å². The van der Waals surface area contributed by atoms with Crippen LogP contribution in [0.25, 0.3) is 22.2 Å². The average Bonchev–Trinajstić information content (AvgIpc) is 2.71. The van der Waals surface area contributed by atoms with Crippen LogP contribution in [-0.4, -0.2) is 11.0 Å². The van der Waals surface area contributed by atoms with Crippen molar-refractivity contribution in [3.05, 3.63) is 94.0 Å². The first-order valence-electron chi connectivity index (χ1n) is 9.38. The molecule has 0 saturated heterocycles. The van der Waals surface area contributed by atoms with Crippen molar-refractivity contribution in [2.24, 2.45) is 0 Å². The lowest BCUT2D eigenvalue weighted by atomic mass is 10.0. The van der Waals surface area contributed by atoms with E-state index in [1.54, 1.807) is 6.07 Å². The third kappa shape index (κ3) is 3.87. The molecule has 3 aromatic carbocycles. The highest BCUT2D eigenvalue weighted by Crippen LogP contribution is 2.28. The van der Waals surface area contributed by atoms with Gasteiger partial charge in [-0.15, -0.1) is 0 Å². The Morgan fingerprint density at radius 3 is 2.45 bits per heavy atom. The minimum Gasteiger partial charge on any atom is -0.423 e. The zero-order valence-corrected chi connectivity index (χ0v) is 17.2. The Bertz CT molecular complexity index is 1230. The van der Waals surface area contributed by atoms with Crippen molar-refractivity contribution >= 4 is 28.5 Å². The molecule has 29 heavy (non-hydrogen) atoms. The summed E-state index contributed by atoms with van der Waals surface area (Å²) in [4.78, 5) is 17.9. The molecule has 3 nitrogen and oxygen atoms in total. The molecular formula is C25H20ClNO2. The standard InChI is InChI=1S/C25H20ClNO2/c1-15-7-12-22-20(13-15)21(14-23(27-22)18-8-10-19(26)11-9-18)25(28)29-24-6-4-5-16(2)17(24)3/h4-14H,1-3H3. The monoisotopic (exact) mass is 401 g/mol. The van der Waals surface area contributed by atoms with Gasteiger partial charge >= 0.3 is 5.97 Å². The maximum Gasteiger partial charge on any atom is 0.344 e. The Labute approximate surface area is 174 Å². The third-order valence-corrected chi connectivity index (χ3v) is 5.33. The molecule has 0 fully saturated rings. The van der Waals surface area contributed by atoms with Gasteiger partial charge in [-0.1, -0.05) is 47.5 Å². The smallest absolute Gasteiger partial charge is 0.344 e. The Morgan fingerprint density at radius 1 is 0.931 bits per heavy atom. The van der Waals surface area contributed by atoms with Crippen LogP contribution in [0.2, 0.25) is 5.02 Å². The van der Waals surface area contributed by atoms with Gasteiger partial charge in [0.25, 0.3) is 0 Å². The number of pyridine rings is 1. The van der Waals surface area contributed by atoms with Gasteiger partial charge in [-0.2, -0.15) is 0 Å². The fourth-order valence-electron chi connectivity index (χ4n) is 3.27. The van der Waals surface area contributed by atoms with E-state index in [4.69, 9.17) is 21.3 Å². The molecule has 4 rings (SSSR count). The van der Waals surface area contributed by atoms with Crippen LogP contribution in [0.5, 0.6) is 5.75 Å². The van der Waals surface area contributed by atoms with Gasteiger partial charge in [-0.3, -0.25) is 0 Å². The molecule has 0 saturated carbocycles. The molecule has 0 radical (unpaired) electrons. The summed E-state index contributed by atoms with van der Waals surface area (Å²) in [6, 6.07) is 20.8. The fraction of sp³-hybridized carbons (Fsp3) is 0.120. The van der Waals surface area contributed by atoms with Crippen LogP contribution in [0, 0.1) is 20.8 Å². The van der Waals surface area contributed by atoms with E-state index in [1.165, 1.54) is 0 Å². The van der Waals surface area contributed by atoms with Crippen molar-refractivity contribution in [3.8, 4) is 17.0 Å². The summed E-state index contributed by atoms with van der Waals surface area (Å²) >= 11 is 6.02. The normalized spacial score (nSPS) is 10.9. The number of hydrogen-bond acceptors (Lipinski definition) is 3. The first-order chi connectivity index (χ1) is 13.9. The highest BCUT2D eigenvalue weighted by molar-refractivity contribution is 6.30. The molecule has 144 valence electrons. The van der Waals surface area contributed by atoms with Crippen molar-refractivity contribution in [1.29, 1.82) is 0 Å². The van der Waals surface area contributed by atoms with E-state index in [2.05, 4.69) is 0 Å². The van der Waals surface area contributed by atoms with Crippen LogP contribution in [0.3, 0.4) is 0 Å². The predicted octanol–water partition coefficient (Wildman–Crippen LogP) is 6.70. The summed E-state index contributed by atoms with van der Waals surface area (Å²) in [6.45, 7) is 5.94. The second-order valence-corrected chi connectivity index (χ2v) is 7.61. The number of hydrogen-bond donors (Lipinski definition) is 0. The van der Waals surface area contributed by atoms with Gasteiger partial charge in [0.2, 0.25) is 0 Å². The quantitative estimate of drug-likeness (QED) is 0.283. The van der Waals surface area contributed by atoms with E-state index in [9.17, 15) is 4.79 Å². The van der Waals surface area contributed by atoms with Crippen molar-refractivity contribution in [1.82, 2.24) is 4.98 Å². The van der Waals surface area contributed by atoms with Crippen LogP contribution in [-0.2, 0) is 0 Å². The lowest BCUT2D eigenvalue weighted by Crippen LogP contribution is -2.11. The third-order valence-electron chi connectivity index (χ3n) is 5.08. The molecule has 0 N–H and O–H groups in total. The van der Waals surface area contributed by atoms with E-state index < -0.39 is 5.97 Å². The largest absolute Gasteiger partial charge is 0.423 e. The van der Waals surface area contributed by atoms with Gasteiger partial charge in [0.15, 0.2) is 0 Å². The van der Waals surface area contributed by atoms with Crippen LogP contribution in [0.4, 0.5) is 0 Å². The Hall–Kier alpha value is -3.17. The maximum absolute atomic E-state index is 13.2. The minimum atomic E-state index is -0.396. The maximum atomic E-state index is 13.2. The zero-order chi connectivity index (χ0) is 20.5. The molecule has 4 heteroatoms. The molecule has 0 aliphatic carbocycles. The number of ether oxygens (including phenoxy) is 1. The molecule has 0 aliphatic heterocycles. The topological polar surface area (TPSA) is 39.2 Å². The molecule has 0 atom stereocenters. The summed E-state index contributed by atoms with van der Waals surface area (Å²) in [5, 5.41) is 1.43. The number of benzene rings is 3. The van der Waals surface area contributed by atoms with Crippen LogP contribution < -0.4 is 4.74 Å². The highest BCUT2D eigenvalue weighted by atomic mass is 35.5. The predicted molar refractivity (Wildman–Crippen MR) is 118 cm³/mol. The van der Waals surface area contributed by atoms with E-state index in [1.807, 2.05) is 81.4 Å². The molecule has 0 aliphatic rings. The SMILES string of the molecule is Cc1ccc2nc(-c3ccc(Cl)cc3)cc(C(=O)Oc3cccc(C)c3C)c2c1. The summed E-state index contributed by atoms with van der Waals surface area (Å²) < 4.78 is 5.78. The number of carbonyl (C=O) groups is 1. The molecule has 0 spiro atoms. The van der Waals surface area contributed by atoms with Crippen LogP contribution in [0.1, 0.15) is 27.0 Å². The van der Waals surface area contributed by atoms with Gasteiger partial charge in [-0.05, 0) is 68.3 Å². The zero-order valence-electron chi connectivity index (χ0n) is 16.5. The van der Waals surface area contributed by atoms with Crippen molar-refractivity contribution < 1.29 is 9.53 Å². The summed E-state index contributed by atoms with van der Waals surface area (Å²) in [6.07, 6.45) is 0. The highest BCUT2D eigenvalue weighted by Gasteiger charge is 2.17. The van der Waals surface area contributed by atoms with Crippen molar-refractivity contribution in [3.63, 3.8) is 0 Å². The summed E-state index contributed by atoms with van der Waals surface area (Å²) in [5.74, 6) is 0.174. The van der Waals surface area contributed by atoms with Gasteiger partial charge in [0.1, 0.15) is 5.75 Å². The van der Waals surface area contributed by atoms with Gasteiger partial charge < -0.3 is 4.74 Å². The van der Waals surface area contributed by atoms with Crippen molar-refractivity contribution in [2.45, 2.75) is 20.8 Å². The lowest BCUT2D eigenvalue weighted by molar-refractivity contribution is 0.0735. The van der Waals surface area contributed by atoms with E-state index >= 15 is 0 Å². The average molecular weight is 402 g/mol. The number of nitrogens with zero attached hydrogens (tertiary/aromatic N) is 1. The van der Waals surface area contributed by atoms with Crippen LogP contribution in [0.15, 0.2) is 66.7 Å². The van der Waals surface area contributed by atoms with Gasteiger partial charge in [-0.25, -0.2) is 9.78 Å². The van der Waals surface area contributed by atoms with E-state index in [0.29, 0.717) is 22.0 Å². The number of rotatable bonds is 3. The number of fused-ring (bicyclic) bond motifs is 1. The number of carbonyl (C=O) groups excluding carboxylic acids is 1. The summed E-state index contributed by atoms with van der Waals surface area (Å²) in [5.41, 5.74) is 5.91. The summed E-state index contributed by atoms with van der Waals surface area (Å²) in [7, 11) is 0. The molecule has 0 amide bonds. The number of halogens is 1. The Balaban J connectivity index is 1.84.